The second kappa shape index (κ2) is 8.06. The van der Waals surface area contributed by atoms with Crippen molar-refractivity contribution in [2.45, 2.75) is 13.1 Å². The number of fused-ring (bicyclic) bond motifs is 1. The number of hydrogen-bond donors (Lipinski definition) is 1. The van der Waals surface area contributed by atoms with Crippen LogP contribution in [-0.2, 0) is 13.1 Å². The molecular formula is C21H21N5O2. The van der Waals surface area contributed by atoms with Crippen LogP contribution < -0.4 is 14.8 Å². The highest BCUT2D eigenvalue weighted by Crippen LogP contribution is 2.25. The lowest BCUT2D eigenvalue weighted by Gasteiger charge is -2.12. The van der Waals surface area contributed by atoms with Crippen molar-refractivity contribution in [1.29, 1.82) is 0 Å². The molecule has 0 fully saturated rings. The van der Waals surface area contributed by atoms with Crippen molar-refractivity contribution in [2.24, 2.45) is 0 Å². The first-order chi connectivity index (χ1) is 13.8. The molecule has 7 nitrogen and oxygen atoms in total. The average Bonchev–Trinajstić information content (AvgIpc) is 3.23. The Bertz CT molecular complexity index is 1080. The third kappa shape index (κ3) is 3.65. The summed E-state index contributed by atoms with van der Waals surface area (Å²) in [5.41, 5.74) is 4.97. The lowest BCUT2D eigenvalue weighted by atomic mass is 10.1. The zero-order chi connectivity index (χ0) is 19.3. The van der Waals surface area contributed by atoms with Gasteiger partial charge in [0.15, 0.2) is 5.65 Å². The number of rotatable bonds is 7. The van der Waals surface area contributed by atoms with Gasteiger partial charge < -0.3 is 14.8 Å². The first-order valence-electron chi connectivity index (χ1n) is 8.96. The van der Waals surface area contributed by atoms with Gasteiger partial charge in [-0.1, -0.05) is 30.3 Å². The molecule has 0 bridgehead atoms. The number of hydrogen-bond acceptors (Lipinski definition) is 6. The molecule has 0 saturated heterocycles. The van der Waals surface area contributed by atoms with E-state index in [1.165, 1.54) is 0 Å². The van der Waals surface area contributed by atoms with Crippen LogP contribution in [0.1, 0.15) is 11.1 Å². The molecule has 142 valence electrons. The summed E-state index contributed by atoms with van der Waals surface area (Å²) in [6, 6.07) is 18.1. The van der Waals surface area contributed by atoms with Crippen LogP contribution in [0.25, 0.3) is 16.8 Å². The van der Waals surface area contributed by atoms with Crippen molar-refractivity contribution in [3.05, 3.63) is 71.9 Å². The van der Waals surface area contributed by atoms with Crippen molar-refractivity contribution in [1.82, 2.24) is 25.4 Å². The van der Waals surface area contributed by atoms with Crippen molar-refractivity contribution >= 4 is 5.65 Å². The van der Waals surface area contributed by atoms with Crippen LogP contribution in [0.5, 0.6) is 11.5 Å². The molecular weight excluding hydrogens is 354 g/mol. The fraction of sp³-hybridized carbons (Fsp3) is 0.190. The van der Waals surface area contributed by atoms with Gasteiger partial charge in [-0.25, -0.2) is 0 Å². The maximum Gasteiger partial charge on any atom is 0.183 e. The molecule has 0 radical (unpaired) electrons. The van der Waals surface area contributed by atoms with E-state index in [9.17, 15) is 0 Å². The standard InChI is InChI=1S/C21H21N5O2/c1-27-19-8-9-20(28-2)16(11-19)12-22-13-17-10-18(15-6-4-3-5-7-15)14-26-21(17)23-24-25-26/h3-11,14,22H,12-13H2,1-2H3. The lowest BCUT2D eigenvalue weighted by Crippen LogP contribution is -2.14. The monoisotopic (exact) mass is 375 g/mol. The molecule has 28 heavy (non-hydrogen) atoms. The molecule has 0 aliphatic rings. The van der Waals surface area contributed by atoms with Crippen LogP contribution in [0.2, 0.25) is 0 Å². The molecule has 4 aromatic rings. The van der Waals surface area contributed by atoms with E-state index in [1.54, 1.807) is 18.7 Å². The molecule has 0 spiro atoms. The van der Waals surface area contributed by atoms with Gasteiger partial charge in [-0.05, 0) is 40.3 Å². The van der Waals surface area contributed by atoms with Crippen LogP contribution in [0.4, 0.5) is 0 Å². The summed E-state index contributed by atoms with van der Waals surface area (Å²) in [7, 11) is 3.32. The Morgan fingerprint density at radius 3 is 2.50 bits per heavy atom. The van der Waals surface area contributed by atoms with E-state index >= 15 is 0 Å². The molecule has 2 aromatic heterocycles. The minimum atomic E-state index is 0.616. The molecule has 1 N–H and O–H groups in total. The minimum absolute atomic E-state index is 0.616. The summed E-state index contributed by atoms with van der Waals surface area (Å²) in [5, 5.41) is 15.5. The first kappa shape index (κ1) is 17.9. The number of tetrazole rings is 1. The van der Waals surface area contributed by atoms with E-state index in [-0.39, 0.29) is 0 Å². The number of ether oxygens (including phenoxy) is 2. The zero-order valence-corrected chi connectivity index (χ0v) is 15.8. The maximum absolute atomic E-state index is 5.45. The van der Waals surface area contributed by atoms with Crippen LogP contribution in [0.3, 0.4) is 0 Å². The minimum Gasteiger partial charge on any atom is -0.497 e. The summed E-state index contributed by atoms with van der Waals surface area (Å²) in [6.07, 6.45) is 1.94. The van der Waals surface area contributed by atoms with Gasteiger partial charge in [-0.3, -0.25) is 0 Å². The average molecular weight is 375 g/mol. The van der Waals surface area contributed by atoms with Gasteiger partial charge in [0.25, 0.3) is 0 Å². The van der Waals surface area contributed by atoms with E-state index < -0.39 is 0 Å². The number of nitrogens with one attached hydrogen (secondary N) is 1. The second-order valence-corrected chi connectivity index (χ2v) is 6.35. The summed E-state index contributed by atoms with van der Waals surface area (Å²) in [6.45, 7) is 1.24. The largest absolute Gasteiger partial charge is 0.497 e. The number of benzene rings is 2. The van der Waals surface area contributed by atoms with Crippen LogP contribution in [-0.4, -0.2) is 34.3 Å². The third-order valence-corrected chi connectivity index (χ3v) is 4.60. The smallest absolute Gasteiger partial charge is 0.183 e. The van der Waals surface area contributed by atoms with E-state index in [0.29, 0.717) is 13.1 Å². The molecule has 2 heterocycles. The summed E-state index contributed by atoms with van der Waals surface area (Å²) in [4.78, 5) is 0. The van der Waals surface area contributed by atoms with Crippen molar-refractivity contribution in [3.63, 3.8) is 0 Å². The third-order valence-electron chi connectivity index (χ3n) is 4.60. The molecule has 0 saturated carbocycles. The van der Waals surface area contributed by atoms with Gasteiger partial charge >= 0.3 is 0 Å². The quantitative estimate of drug-likeness (QED) is 0.535. The van der Waals surface area contributed by atoms with Crippen molar-refractivity contribution in [3.8, 4) is 22.6 Å². The second-order valence-electron chi connectivity index (χ2n) is 6.35. The van der Waals surface area contributed by atoms with E-state index in [4.69, 9.17) is 9.47 Å². The first-order valence-corrected chi connectivity index (χ1v) is 8.96. The van der Waals surface area contributed by atoms with Gasteiger partial charge in [0.05, 0.1) is 14.2 Å². The number of methoxy groups -OCH3 is 2. The van der Waals surface area contributed by atoms with Crippen LogP contribution >= 0.6 is 0 Å². The Balaban J connectivity index is 1.58. The van der Waals surface area contributed by atoms with Gasteiger partial charge in [0.1, 0.15) is 11.5 Å². The van der Waals surface area contributed by atoms with E-state index in [1.807, 2.05) is 42.6 Å². The fourth-order valence-corrected chi connectivity index (χ4v) is 3.18. The SMILES string of the molecule is COc1ccc(OC)c(CNCc2cc(-c3ccccc3)cn3nnnc23)c1. The maximum atomic E-state index is 5.45. The fourth-order valence-electron chi connectivity index (χ4n) is 3.18. The van der Waals surface area contributed by atoms with Gasteiger partial charge in [0.2, 0.25) is 0 Å². The summed E-state index contributed by atoms with van der Waals surface area (Å²) < 4.78 is 12.5. The summed E-state index contributed by atoms with van der Waals surface area (Å²) in [5.74, 6) is 1.62. The van der Waals surface area contributed by atoms with Crippen LogP contribution in [0, 0.1) is 0 Å². The topological polar surface area (TPSA) is 73.6 Å². The molecule has 0 atom stereocenters. The highest BCUT2D eigenvalue weighted by molar-refractivity contribution is 5.66. The zero-order valence-electron chi connectivity index (χ0n) is 15.8. The van der Waals surface area contributed by atoms with Crippen molar-refractivity contribution in [2.75, 3.05) is 14.2 Å². The number of pyridine rings is 1. The predicted molar refractivity (Wildman–Crippen MR) is 106 cm³/mol. The molecule has 0 unspecified atom stereocenters. The van der Waals surface area contributed by atoms with E-state index in [2.05, 4.69) is 39.0 Å². The molecule has 0 amide bonds. The molecule has 0 aliphatic heterocycles. The molecule has 2 aromatic carbocycles. The Morgan fingerprint density at radius 2 is 1.71 bits per heavy atom. The lowest BCUT2D eigenvalue weighted by molar-refractivity contribution is 0.397. The highest BCUT2D eigenvalue weighted by Gasteiger charge is 2.10. The van der Waals surface area contributed by atoms with E-state index in [0.717, 1.165) is 39.4 Å². The predicted octanol–water partition coefficient (Wildman–Crippen LogP) is 3.10. The molecule has 4 rings (SSSR count). The Hall–Kier alpha value is -3.45. The molecule has 0 aliphatic carbocycles. The molecule has 7 heteroatoms. The van der Waals surface area contributed by atoms with Gasteiger partial charge in [-0.15, -0.1) is 5.10 Å². The Labute approximate surface area is 162 Å². The summed E-state index contributed by atoms with van der Waals surface area (Å²) >= 11 is 0. The Morgan fingerprint density at radius 1 is 0.893 bits per heavy atom. The number of aromatic nitrogens is 4. The Kier molecular flexibility index (Phi) is 5.16. The van der Waals surface area contributed by atoms with Gasteiger partial charge in [-0.2, -0.15) is 4.52 Å². The highest BCUT2D eigenvalue weighted by atomic mass is 16.5. The van der Waals surface area contributed by atoms with Crippen LogP contribution in [0.15, 0.2) is 60.8 Å². The van der Waals surface area contributed by atoms with Crippen molar-refractivity contribution < 1.29 is 9.47 Å². The van der Waals surface area contributed by atoms with Gasteiger partial charge in [0, 0.05) is 36.0 Å². The number of nitrogens with zero attached hydrogens (tertiary/aromatic N) is 4. The normalized spacial score (nSPS) is 10.9.